The van der Waals surface area contributed by atoms with Crippen LogP contribution in [0, 0.1) is 0 Å². The minimum Gasteiger partial charge on any atom is -0.477 e. The number of hydrogen-bond donors (Lipinski definition) is 0. The van der Waals surface area contributed by atoms with Crippen molar-refractivity contribution in [3.63, 3.8) is 0 Å². The number of hydrogen-bond acceptors (Lipinski definition) is 3. The van der Waals surface area contributed by atoms with Crippen molar-refractivity contribution in [3.05, 3.63) is 41.0 Å². The van der Waals surface area contributed by atoms with Gasteiger partial charge in [-0.05, 0) is 22.4 Å². The fourth-order valence-electron chi connectivity index (χ4n) is 1.38. The number of halogens is 1. The van der Waals surface area contributed by atoms with Crippen LogP contribution in [0.4, 0.5) is 0 Å². The van der Waals surface area contributed by atoms with E-state index in [1.165, 1.54) is 0 Å². The normalized spacial score (nSPS) is 10.2. The van der Waals surface area contributed by atoms with Crippen molar-refractivity contribution < 1.29 is 4.74 Å². The Morgan fingerprint density at radius 3 is 2.71 bits per heavy atom. The predicted molar refractivity (Wildman–Crippen MR) is 71.0 cm³/mol. The molecule has 0 bridgehead atoms. The van der Waals surface area contributed by atoms with Crippen molar-refractivity contribution >= 4 is 15.9 Å². The van der Waals surface area contributed by atoms with Crippen LogP contribution in [0.25, 0.3) is 11.4 Å². The second kappa shape index (κ2) is 5.77. The Hall–Kier alpha value is -1.42. The molecule has 0 radical (unpaired) electrons. The summed E-state index contributed by atoms with van der Waals surface area (Å²) in [6.07, 6.45) is 2.68. The van der Waals surface area contributed by atoms with Gasteiger partial charge in [0.05, 0.1) is 11.1 Å². The zero-order valence-electron chi connectivity index (χ0n) is 9.56. The first kappa shape index (κ1) is 12.0. The van der Waals surface area contributed by atoms with E-state index in [1.54, 1.807) is 6.20 Å². The van der Waals surface area contributed by atoms with Gasteiger partial charge in [0.1, 0.15) is 0 Å². The van der Waals surface area contributed by atoms with Crippen LogP contribution in [0.3, 0.4) is 0 Å². The highest BCUT2D eigenvalue weighted by Gasteiger charge is 2.07. The van der Waals surface area contributed by atoms with Crippen LogP contribution >= 0.6 is 15.9 Å². The lowest BCUT2D eigenvalue weighted by molar-refractivity contribution is 0.303. The van der Waals surface area contributed by atoms with Gasteiger partial charge >= 0.3 is 0 Å². The summed E-state index contributed by atoms with van der Waals surface area (Å²) in [5.41, 5.74) is 0.987. The van der Waals surface area contributed by atoms with Crippen molar-refractivity contribution in [2.75, 3.05) is 6.61 Å². The zero-order valence-corrected chi connectivity index (χ0v) is 11.1. The van der Waals surface area contributed by atoms with Gasteiger partial charge < -0.3 is 4.74 Å². The minimum absolute atomic E-state index is 0.598. The van der Waals surface area contributed by atoms with Gasteiger partial charge in [-0.15, -0.1) is 0 Å². The third-order valence-electron chi connectivity index (χ3n) is 2.19. The summed E-state index contributed by atoms with van der Waals surface area (Å²) < 4.78 is 6.33. The van der Waals surface area contributed by atoms with Gasteiger partial charge in [0.2, 0.25) is 5.88 Å². The van der Waals surface area contributed by atoms with Crippen molar-refractivity contribution in [1.29, 1.82) is 0 Å². The second-order valence-electron chi connectivity index (χ2n) is 3.56. The molecule has 1 heterocycles. The molecular weight excluding hydrogens is 280 g/mol. The van der Waals surface area contributed by atoms with E-state index >= 15 is 0 Å². The average molecular weight is 293 g/mol. The molecular formula is C13H13BrN2O. The molecule has 0 saturated carbocycles. The minimum atomic E-state index is 0.598. The first-order valence-electron chi connectivity index (χ1n) is 5.52. The van der Waals surface area contributed by atoms with Crippen molar-refractivity contribution in [3.8, 4) is 17.3 Å². The highest BCUT2D eigenvalue weighted by molar-refractivity contribution is 9.10. The van der Waals surface area contributed by atoms with E-state index < -0.39 is 0 Å². The van der Waals surface area contributed by atoms with Crippen molar-refractivity contribution in [2.24, 2.45) is 0 Å². The molecule has 0 saturated heterocycles. The molecule has 0 aliphatic rings. The summed E-state index contributed by atoms with van der Waals surface area (Å²) in [6.45, 7) is 2.72. The van der Waals surface area contributed by atoms with E-state index in [2.05, 4.69) is 32.8 Å². The smallest absolute Gasteiger partial charge is 0.231 e. The van der Waals surface area contributed by atoms with Gasteiger partial charge in [0.25, 0.3) is 0 Å². The maximum absolute atomic E-state index is 5.55. The fraction of sp³-hybridized carbons (Fsp3) is 0.231. The molecule has 4 heteroatoms. The predicted octanol–water partition coefficient (Wildman–Crippen LogP) is 3.69. The summed E-state index contributed by atoms with van der Waals surface area (Å²) in [5, 5.41) is 0. The molecule has 17 heavy (non-hydrogen) atoms. The Kier molecular flexibility index (Phi) is 4.09. The van der Waals surface area contributed by atoms with E-state index in [4.69, 9.17) is 4.74 Å². The largest absolute Gasteiger partial charge is 0.477 e. The van der Waals surface area contributed by atoms with E-state index in [-0.39, 0.29) is 0 Å². The Morgan fingerprint density at radius 2 is 2.00 bits per heavy atom. The topological polar surface area (TPSA) is 35.0 Å². The quantitative estimate of drug-likeness (QED) is 0.862. The van der Waals surface area contributed by atoms with Crippen LogP contribution in [0.2, 0.25) is 0 Å². The number of nitrogens with zero attached hydrogens (tertiary/aromatic N) is 2. The summed E-state index contributed by atoms with van der Waals surface area (Å²) in [5.74, 6) is 1.28. The first-order chi connectivity index (χ1) is 8.31. The highest BCUT2D eigenvalue weighted by Crippen LogP contribution is 2.24. The lowest BCUT2D eigenvalue weighted by Crippen LogP contribution is -2.00. The molecule has 88 valence electrons. The van der Waals surface area contributed by atoms with Gasteiger partial charge in [-0.3, -0.25) is 0 Å². The molecule has 0 aliphatic carbocycles. The summed E-state index contributed by atoms with van der Waals surface area (Å²) >= 11 is 3.38. The number of rotatable bonds is 4. The second-order valence-corrected chi connectivity index (χ2v) is 4.42. The molecule has 3 nitrogen and oxygen atoms in total. The van der Waals surface area contributed by atoms with Crippen molar-refractivity contribution in [1.82, 2.24) is 9.97 Å². The molecule has 0 atom stereocenters. The van der Waals surface area contributed by atoms with E-state index in [9.17, 15) is 0 Å². The molecule has 2 aromatic rings. The number of ether oxygens (including phenoxy) is 1. The third-order valence-corrected chi connectivity index (χ3v) is 2.73. The van der Waals surface area contributed by atoms with Gasteiger partial charge in [0, 0.05) is 11.8 Å². The van der Waals surface area contributed by atoms with Crippen LogP contribution in [0.1, 0.15) is 13.3 Å². The molecule has 0 amide bonds. The number of aromatic nitrogens is 2. The van der Waals surface area contributed by atoms with Gasteiger partial charge in [-0.1, -0.05) is 37.3 Å². The van der Waals surface area contributed by atoms with E-state index in [0.29, 0.717) is 18.3 Å². The Morgan fingerprint density at radius 1 is 1.24 bits per heavy atom. The maximum atomic E-state index is 5.55. The molecule has 2 rings (SSSR count). The number of benzene rings is 1. The molecule has 0 spiro atoms. The average Bonchev–Trinajstić information content (AvgIpc) is 2.39. The SMILES string of the molecule is CCCOc1nc(-c2ccccc2)ncc1Br. The highest BCUT2D eigenvalue weighted by atomic mass is 79.9. The molecule has 1 aromatic carbocycles. The monoisotopic (exact) mass is 292 g/mol. The maximum Gasteiger partial charge on any atom is 0.231 e. The lowest BCUT2D eigenvalue weighted by atomic mass is 10.2. The van der Waals surface area contributed by atoms with E-state index in [1.807, 2.05) is 30.3 Å². The summed E-state index contributed by atoms with van der Waals surface area (Å²) in [7, 11) is 0. The zero-order chi connectivity index (χ0) is 12.1. The standard InChI is InChI=1S/C13H13BrN2O/c1-2-8-17-13-11(14)9-15-12(16-13)10-6-4-3-5-7-10/h3-7,9H,2,8H2,1H3. The molecule has 0 fully saturated rings. The van der Waals surface area contributed by atoms with Crippen LogP contribution in [0.15, 0.2) is 41.0 Å². The van der Waals surface area contributed by atoms with Crippen LogP contribution < -0.4 is 4.74 Å². The van der Waals surface area contributed by atoms with Gasteiger partial charge in [0.15, 0.2) is 5.82 Å². The molecule has 0 unspecified atom stereocenters. The van der Waals surface area contributed by atoms with Crippen LogP contribution in [0.5, 0.6) is 5.88 Å². The third kappa shape index (κ3) is 3.03. The summed E-state index contributed by atoms with van der Waals surface area (Å²) in [6, 6.07) is 9.86. The Balaban J connectivity index is 2.31. The molecule has 0 aliphatic heterocycles. The Bertz CT molecular complexity index is 488. The van der Waals surface area contributed by atoms with Gasteiger partial charge in [-0.2, -0.15) is 4.98 Å². The molecule has 1 aromatic heterocycles. The van der Waals surface area contributed by atoms with Crippen LogP contribution in [-0.4, -0.2) is 16.6 Å². The lowest BCUT2D eigenvalue weighted by Gasteiger charge is -2.07. The molecule has 0 N–H and O–H groups in total. The van der Waals surface area contributed by atoms with Gasteiger partial charge in [-0.25, -0.2) is 4.98 Å². The van der Waals surface area contributed by atoms with E-state index in [0.717, 1.165) is 16.5 Å². The van der Waals surface area contributed by atoms with Crippen LogP contribution in [-0.2, 0) is 0 Å². The van der Waals surface area contributed by atoms with Crippen molar-refractivity contribution in [2.45, 2.75) is 13.3 Å². The Labute approximate surface area is 109 Å². The fourth-order valence-corrected chi connectivity index (χ4v) is 1.68. The summed E-state index contributed by atoms with van der Waals surface area (Å²) in [4.78, 5) is 8.68. The first-order valence-corrected chi connectivity index (χ1v) is 6.31.